The Morgan fingerprint density at radius 1 is 0.667 bits per heavy atom. The Morgan fingerprint density at radius 3 is 1.95 bits per heavy atom. The van der Waals surface area contributed by atoms with E-state index in [4.69, 9.17) is 4.98 Å². The van der Waals surface area contributed by atoms with Crippen molar-refractivity contribution in [3.63, 3.8) is 0 Å². The van der Waals surface area contributed by atoms with Gasteiger partial charge in [-0.15, -0.1) is 0 Å². The van der Waals surface area contributed by atoms with Crippen LogP contribution in [0.1, 0.15) is 24.4 Å². The molecule has 0 spiro atoms. The van der Waals surface area contributed by atoms with Gasteiger partial charge in [-0.1, -0.05) is 91.0 Å². The largest absolute Gasteiger partial charge is 0.338 e. The second-order valence-corrected chi connectivity index (χ2v) is 10.0. The third-order valence-electron chi connectivity index (χ3n) is 7.53. The minimum atomic E-state index is 0.377. The van der Waals surface area contributed by atoms with E-state index in [1.165, 1.54) is 5.56 Å². The van der Waals surface area contributed by atoms with E-state index in [0.29, 0.717) is 6.04 Å². The molecular weight excluding hydrogens is 480 g/mol. The molecule has 0 radical (unpaired) electrons. The van der Waals surface area contributed by atoms with Crippen LogP contribution in [-0.4, -0.2) is 50.6 Å². The first-order valence-corrected chi connectivity index (χ1v) is 13.8. The van der Waals surface area contributed by atoms with Crippen molar-refractivity contribution in [3.8, 4) is 22.6 Å². The molecule has 39 heavy (non-hydrogen) atoms. The average Bonchev–Trinajstić information content (AvgIpc) is 3.45. The summed E-state index contributed by atoms with van der Waals surface area (Å²) in [6, 6.07) is 34.2. The molecule has 196 valence electrons. The summed E-state index contributed by atoms with van der Waals surface area (Å²) in [7, 11) is 0. The molecule has 1 aliphatic heterocycles. The fourth-order valence-electron chi connectivity index (χ4n) is 5.53. The van der Waals surface area contributed by atoms with Crippen LogP contribution < -0.4 is 4.90 Å². The standard InChI is InChI=1S/C33H34N6/c1-4-12-27(13-5-1)30-26-39(32(36-30)29-16-8-3-9-17-29)21-10-18-31(28-14-6-2-7-15-28)37-22-24-38(25-23-37)33-34-19-11-20-35-33/h1-9,11-17,19-20,26,31H,10,18,21-25H2. The molecule has 0 bridgehead atoms. The van der Waals surface area contributed by atoms with Crippen LogP contribution in [0.25, 0.3) is 22.6 Å². The number of nitrogens with zero attached hydrogens (tertiary/aromatic N) is 6. The van der Waals surface area contributed by atoms with Gasteiger partial charge in [0.2, 0.25) is 5.95 Å². The van der Waals surface area contributed by atoms with Gasteiger partial charge >= 0.3 is 0 Å². The minimum Gasteiger partial charge on any atom is -0.338 e. The van der Waals surface area contributed by atoms with E-state index in [1.807, 2.05) is 18.5 Å². The smallest absolute Gasteiger partial charge is 0.225 e. The topological polar surface area (TPSA) is 50.1 Å². The number of hydrogen-bond acceptors (Lipinski definition) is 5. The first-order chi connectivity index (χ1) is 19.3. The van der Waals surface area contributed by atoms with Crippen LogP contribution in [0.3, 0.4) is 0 Å². The maximum absolute atomic E-state index is 5.07. The second-order valence-electron chi connectivity index (χ2n) is 10.0. The zero-order valence-electron chi connectivity index (χ0n) is 22.2. The summed E-state index contributed by atoms with van der Waals surface area (Å²) < 4.78 is 2.34. The summed E-state index contributed by atoms with van der Waals surface area (Å²) >= 11 is 0. The minimum absolute atomic E-state index is 0.377. The summed E-state index contributed by atoms with van der Waals surface area (Å²) in [6.07, 6.45) is 8.01. The number of aryl methyl sites for hydroxylation is 1. The maximum atomic E-state index is 5.07. The van der Waals surface area contributed by atoms with E-state index >= 15 is 0 Å². The zero-order chi connectivity index (χ0) is 26.3. The SMILES string of the molecule is c1ccc(-c2cn(CCCC(c3ccccc3)N3CCN(c4ncccn4)CC3)c(-c3ccccc3)n2)cc1. The molecule has 1 aliphatic rings. The normalized spacial score (nSPS) is 14.8. The Bertz CT molecular complexity index is 1430. The first-order valence-electron chi connectivity index (χ1n) is 13.8. The number of rotatable bonds is 9. The molecule has 6 rings (SSSR count). The Morgan fingerprint density at radius 2 is 1.28 bits per heavy atom. The van der Waals surface area contributed by atoms with Crippen molar-refractivity contribution < 1.29 is 0 Å². The van der Waals surface area contributed by atoms with Crippen molar-refractivity contribution >= 4 is 5.95 Å². The highest BCUT2D eigenvalue weighted by molar-refractivity contribution is 5.65. The highest BCUT2D eigenvalue weighted by Gasteiger charge is 2.26. The summed E-state index contributed by atoms with van der Waals surface area (Å²) in [5.41, 5.74) is 4.71. The monoisotopic (exact) mass is 514 g/mol. The molecule has 1 unspecified atom stereocenters. The van der Waals surface area contributed by atoms with Crippen LogP contribution in [0, 0.1) is 0 Å². The quantitative estimate of drug-likeness (QED) is 0.229. The van der Waals surface area contributed by atoms with Crippen LogP contribution in [0.15, 0.2) is 116 Å². The number of hydrogen-bond donors (Lipinski definition) is 0. The fourth-order valence-corrected chi connectivity index (χ4v) is 5.53. The molecule has 3 heterocycles. The molecule has 6 heteroatoms. The van der Waals surface area contributed by atoms with Gasteiger partial charge in [-0.2, -0.15) is 0 Å². The van der Waals surface area contributed by atoms with Gasteiger partial charge in [0.1, 0.15) is 5.82 Å². The van der Waals surface area contributed by atoms with Gasteiger partial charge < -0.3 is 9.47 Å². The van der Waals surface area contributed by atoms with E-state index in [2.05, 4.69) is 122 Å². The van der Waals surface area contributed by atoms with E-state index < -0.39 is 0 Å². The molecule has 5 aromatic rings. The van der Waals surface area contributed by atoms with Crippen molar-refractivity contribution in [1.82, 2.24) is 24.4 Å². The Hall–Kier alpha value is -4.29. The highest BCUT2D eigenvalue weighted by atomic mass is 15.3. The molecule has 6 nitrogen and oxygen atoms in total. The molecule has 3 aromatic carbocycles. The number of piperazine rings is 1. The van der Waals surface area contributed by atoms with Crippen LogP contribution in [0.5, 0.6) is 0 Å². The van der Waals surface area contributed by atoms with E-state index in [9.17, 15) is 0 Å². The van der Waals surface area contributed by atoms with E-state index in [0.717, 1.165) is 74.2 Å². The predicted octanol–water partition coefficient (Wildman–Crippen LogP) is 6.35. The van der Waals surface area contributed by atoms with Crippen molar-refractivity contribution in [3.05, 3.63) is 121 Å². The lowest BCUT2D eigenvalue weighted by Gasteiger charge is -2.39. The van der Waals surface area contributed by atoms with Crippen LogP contribution in [-0.2, 0) is 6.54 Å². The molecule has 0 N–H and O–H groups in total. The number of imidazole rings is 1. The van der Waals surface area contributed by atoms with Crippen molar-refractivity contribution in [1.29, 1.82) is 0 Å². The molecule has 1 fully saturated rings. The van der Waals surface area contributed by atoms with Gasteiger partial charge in [-0.05, 0) is 24.5 Å². The van der Waals surface area contributed by atoms with Gasteiger partial charge in [0.25, 0.3) is 0 Å². The number of anilines is 1. The van der Waals surface area contributed by atoms with Crippen LogP contribution >= 0.6 is 0 Å². The summed E-state index contributed by atoms with van der Waals surface area (Å²) in [6.45, 7) is 4.79. The molecule has 1 atom stereocenters. The highest BCUT2D eigenvalue weighted by Crippen LogP contribution is 2.30. The fraction of sp³-hybridized carbons (Fsp3) is 0.242. The summed E-state index contributed by atoms with van der Waals surface area (Å²) in [5, 5.41) is 0. The predicted molar refractivity (Wildman–Crippen MR) is 157 cm³/mol. The van der Waals surface area contributed by atoms with Gasteiger partial charge in [-0.25, -0.2) is 15.0 Å². The average molecular weight is 515 g/mol. The van der Waals surface area contributed by atoms with Gasteiger partial charge in [0, 0.05) is 68.5 Å². The lowest BCUT2D eigenvalue weighted by atomic mass is 9.99. The molecule has 2 aromatic heterocycles. The van der Waals surface area contributed by atoms with Gasteiger partial charge in [0.15, 0.2) is 0 Å². The van der Waals surface area contributed by atoms with Gasteiger partial charge in [0.05, 0.1) is 5.69 Å². The molecular formula is C33H34N6. The Labute approximate surface area is 230 Å². The first kappa shape index (κ1) is 25.0. The lowest BCUT2D eigenvalue weighted by Crippen LogP contribution is -2.48. The molecule has 0 aliphatic carbocycles. The van der Waals surface area contributed by atoms with E-state index in [1.54, 1.807) is 0 Å². The summed E-state index contributed by atoms with van der Waals surface area (Å²) in [4.78, 5) is 18.9. The molecule has 1 saturated heterocycles. The lowest BCUT2D eigenvalue weighted by molar-refractivity contribution is 0.172. The zero-order valence-corrected chi connectivity index (χ0v) is 22.2. The van der Waals surface area contributed by atoms with Crippen molar-refractivity contribution in [2.45, 2.75) is 25.4 Å². The number of benzene rings is 3. The third kappa shape index (κ3) is 5.91. The Balaban J connectivity index is 1.19. The molecule has 0 amide bonds. The Kier molecular flexibility index (Phi) is 7.73. The van der Waals surface area contributed by atoms with Crippen molar-refractivity contribution in [2.75, 3.05) is 31.1 Å². The number of aromatic nitrogens is 4. The summed E-state index contributed by atoms with van der Waals surface area (Å²) in [5.74, 6) is 1.86. The van der Waals surface area contributed by atoms with Gasteiger partial charge in [-0.3, -0.25) is 4.90 Å². The molecule has 0 saturated carbocycles. The van der Waals surface area contributed by atoms with Crippen molar-refractivity contribution in [2.24, 2.45) is 0 Å². The third-order valence-corrected chi connectivity index (χ3v) is 7.53. The second kappa shape index (κ2) is 12.0. The maximum Gasteiger partial charge on any atom is 0.225 e. The van der Waals surface area contributed by atoms with E-state index in [-0.39, 0.29) is 0 Å². The van der Waals surface area contributed by atoms with Crippen LogP contribution in [0.2, 0.25) is 0 Å². The van der Waals surface area contributed by atoms with Crippen LogP contribution in [0.4, 0.5) is 5.95 Å².